The maximum absolute atomic E-state index is 12.3. The summed E-state index contributed by atoms with van der Waals surface area (Å²) in [5.41, 5.74) is 3.31. The zero-order chi connectivity index (χ0) is 19.9. The summed E-state index contributed by atoms with van der Waals surface area (Å²) in [5.74, 6) is -0.887. The van der Waals surface area contributed by atoms with Gasteiger partial charge in [0.15, 0.2) is 11.2 Å². The fourth-order valence-corrected chi connectivity index (χ4v) is 2.78. The van der Waals surface area contributed by atoms with Crippen molar-refractivity contribution < 1.29 is 22.3 Å². The van der Waals surface area contributed by atoms with Crippen molar-refractivity contribution in [2.45, 2.75) is 19.8 Å². The lowest BCUT2D eigenvalue weighted by atomic mass is 10.1. The van der Waals surface area contributed by atoms with E-state index < -0.39 is 12.1 Å². The number of oxazole rings is 1. The lowest BCUT2D eigenvalue weighted by molar-refractivity contribution is -0.274. The molecule has 0 aliphatic carbocycles. The molecule has 3 heterocycles. The second kappa shape index (κ2) is 6.55. The highest BCUT2D eigenvalue weighted by Gasteiger charge is 2.31. The average molecular weight is 390 g/mol. The first kappa shape index (κ1) is 17.8. The Bertz CT molecular complexity index is 1190. The molecule has 0 atom stereocenters. The quantitative estimate of drug-likeness (QED) is 0.575. The molecule has 0 bridgehead atoms. The van der Waals surface area contributed by atoms with Crippen LogP contribution < -0.4 is 10.5 Å². The highest BCUT2D eigenvalue weighted by atomic mass is 19.4. The van der Waals surface area contributed by atoms with Crippen LogP contribution in [-0.2, 0) is 6.54 Å². The molecule has 0 saturated carbocycles. The Hall–Kier alpha value is -3.56. The van der Waals surface area contributed by atoms with Gasteiger partial charge in [0, 0.05) is 16.8 Å². The standard InChI is InChI=1S/C18H13F3N4O3/c1-10-12(8-22-24-10)9-25-16-15(27-17(25)26)7-6-14(23-16)11-2-4-13(5-3-11)28-18(19,20)21/h2-8H,9H2,1H3,(H,22,24). The van der Waals surface area contributed by atoms with Gasteiger partial charge in [-0.15, -0.1) is 13.2 Å². The van der Waals surface area contributed by atoms with E-state index in [9.17, 15) is 18.0 Å². The Labute approximate surface area is 155 Å². The molecule has 7 nitrogen and oxygen atoms in total. The minimum atomic E-state index is -4.75. The first-order valence-electron chi connectivity index (χ1n) is 8.15. The molecule has 0 unspecified atom stereocenters. The molecule has 4 aromatic rings. The molecular formula is C18H13F3N4O3. The lowest BCUT2D eigenvalue weighted by Gasteiger charge is -2.09. The number of ether oxygens (including phenoxy) is 1. The number of alkyl halides is 3. The number of nitrogens with one attached hydrogen (secondary N) is 1. The van der Waals surface area contributed by atoms with Crippen LogP contribution >= 0.6 is 0 Å². The molecule has 0 spiro atoms. The number of aryl methyl sites for hydroxylation is 1. The smallest absolute Gasteiger partial charge is 0.406 e. The van der Waals surface area contributed by atoms with Crippen LogP contribution in [-0.4, -0.2) is 26.1 Å². The minimum absolute atomic E-state index is 0.225. The molecule has 144 valence electrons. The van der Waals surface area contributed by atoms with Gasteiger partial charge in [-0.25, -0.2) is 9.78 Å². The maximum atomic E-state index is 12.3. The number of benzene rings is 1. The summed E-state index contributed by atoms with van der Waals surface area (Å²) in [5, 5.41) is 6.73. The Balaban J connectivity index is 1.70. The van der Waals surface area contributed by atoms with Gasteiger partial charge >= 0.3 is 12.1 Å². The van der Waals surface area contributed by atoms with Crippen LogP contribution in [0.5, 0.6) is 5.75 Å². The lowest BCUT2D eigenvalue weighted by Crippen LogP contribution is -2.17. The molecule has 0 amide bonds. The van der Waals surface area contributed by atoms with E-state index in [1.807, 2.05) is 6.92 Å². The van der Waals surface area contributed by atoms with Crippen LogP contribution in [0.1, 0.15) is 11.3 Å². The first-order valence-corrected chi connectivity index (χ1v) is 8.15. The van der Waals surface area contributed by atoms with Crippen molar-refractivity contribution in [1.82, 2.24) is 19.7 Å². The summed E-state index contributed by atoms with van der Waals surface area (Å²) in [7, 11) is 0. The molecule has 0 fully saturated rings. The monoisotopic (exact) mass is 390 g/mol. The number of rotatable bonds is 4. The van der Waals surface area contributed by atoms with E-state index in [0.29, 0.717) is 22.5 Å². The van der Waals surface area contributed by atoms with Gasteiger partial charge in [-0.3, -0.25) is 9.67 Å². The van der Waals surface area contributed by atoms with Crippen LogP contribution in [0.4, 0.5) is 13.2 Å². The number of aromatic nitrogens is 4. The topological polar surface area (TPSA) is 85.9 Å². The largest absolute Gasteiger partial charge is 0.573 e. The van der Waals surface area contributed by atoms with Crippen LogP contribution in [0.2, 0.25) is 0 Å². The molecule has 1 N–H and O–H groups in total. The summed E-state index contributed by atoms with van der Waals surface area (Å²) in [6.07, 6.45) is -3.14. The van der Waals surface area contributed by atoms with Gasteiger partial charge in [-0.2, -0.15) is 5.10 Å². The summed E-state index contributed by atoms with van der Waals surface area (Å²) < 4.78 is 47.3. The molecule has 0 saturated heterocycles. The van der Waals surface area contributed by atoms with E-state index in [0.717, 1.165) is 11.3 Å². The van der Waals surface area contributed by atoms with E-state index >= 15 is 0 Å². The predicted molar refractivity (Wildman–Crippen MR) is 92.8 cm³/mol. The highest BCUT2D eigenvalue weighted by Crippen LogP contribution is 2.26. The van der Waals surface area contributed by atoms with Crippen LogP contribution in [0.15, 0.2) is 51.8 Å². The summed E-state index contributed by atoms with van der Waals surface area (Å²) in [6, 6.07) is 8.53. The Morgan fingerprint density at radius 3 is 2.57 bits per heavy atom. The zero-order valence-corrected chi connectivity index (χ0v) is 14.4. The number of fused-ring (bicyclic) bond motifs is 1. The summed E-state index contributed by atoms with van der Waals surface area (Å²) in [6.45, 7) is 2.06. The second-order valence-corrected chi connectivity index (χ2v) is 6.06. The van der Waals surface area contributed by atoms with E-state index in [1.54, 1.807) is 18.3 Å². The van der Waals surface area contributed by atoms with Crippen molar-refractivity contribution in [3.8, 4) is 17.0 Å². The van der Waals surface area contributed by atoms with Gasteiger partial charge in [0.2, 0.25) is 0 Å². The van der Waals surface area contributed by atoms with Crippen molar-refractivity contribution >= 4 is 11.2 Å². The average Bonchev–Trinajstić information content (AvgIpc) is 3.17. The van der Waals surface area contributed by atoms with Gasteiger partial charge in [-0.05, 0) is 43.3 Å². The third-order valence-corrected chi connectivity index (χ3v) is 4.16. The fraction of sp³-hybridized carbons (Fsp3) is 0.167. The number of H-pyrrole nitrogens is 1. The molecular weight excluding hydrogens is 377 g/mol. The SMILES string of the molecule is Cc1[nH]ncc1Cn1c(=O)oc2ccc(-c3ccc(OC(F)(F)F)cc3)nc21. The molecule has 0 aliphatic rings. The number of halogens is 3. The van der Waals surface area contributed by atoms with Gasteiger partial charge in [0.25, 0.3) is 0 Å². The van der Waals surface area contributed by atoms with Crippen LogP contribution in [0.25, 0.3) is 22.5 Å². The van der Waals surface area contributed by atoms with E-state index in [2.05, 4.69) is 19.9 Å². The van der Waals surface area contributed by atoms with Crippen molar-refractivity contribution in [3.63, 3.8) is 0 Å². The molecule has 1 aromatic carbocycles. The van der Waals surface area contributed by atoms with Gasteiger partial charge < -0.3 is 9.15 Å². The third kappa shape index (κ3) is 3.48. The number of hydrogen-bond donors (Lipinski definition) is 1. The van der Waals surface area contributed by atoms with Crippen molar-refractivity contribution in [3.05, 3.63) is 64.4 Å². The van der Waals surface area contributed by atoms with Crippen molar-refractivity contribution in [2.24, 2.45) is 0 Å². The molecule has 3 aromatic heterocycles. The third-order valence-electron chi connectivity index (χ3n) is 4.16. The zero-order valence-electron chi connectivity index (χ0n) is 14.4. The summed E-state index contributed by atoms with van der Waals surface area (Å²) in [4.78, 5) is 16.7. The first-order chi connectivity index (χ1) is 13.3. The Morgan fingerprint density at radius 1 is 1.18 bits per heavy atom. The van der Waals surface area contributed by atoms with Crippen LogP contribution in [0, 0.1) is 6.92 Å². The molecule has 0 aliphatic heterocycles. The van der Waals surface area contributed by atoms with Crippen molar-refractivity contribution in [1.29, 1.82) is 0 Å². The normalized spacial score (nSPS) is 11.9. The number of pyridine rings is 1. The fourth-order valence-electron chi connectivity index (χ4n) is 2.78. The molecule has 28 heavy (non-hydrogen) atoms. The molecule has 10 heteroatoms. The van der Waals surface area contributed by atoms with Gasteiger partial charge in [0.1, 0.15) is 5.75 Å². The molecule has 4 rings (SSSR count). The van der Waals surface area contributed by atoms with Gasteiger partial charge in [0.05, 0.1) is 18.4 Å². The number of aromatic amines is 1. The Morgan fingerprint density at radius 2 is 1.93 bits per heavy atom. The van der Waals surface area contributed by atoms with Gasteiger partial charge in [-0.1, -0.05) is 0 Å². The second-order valence-electron chi connectivity index (χ2n) is 6.06. The summed E-state index contributed by atoms with van der Waals surface area (Å²) >= 11 is 0. The van der Waals surface area contributed by atoms with Crippen molar-refractivity contribution in [2.75, 3.05) is 0 Å². The number of nitrogens with zero attached hydrogens (tertiary/aromatic N) is 3. The minimum Gasteiger partial charge on any atom is -0.406 e. The Kier molecular flexibility index (Phi) is 4.17. The van der Waals surface area contributed by atoms with E-state index in [4.69, 9.17) is 4.42 Å². The van der Waals surface area contributed by atoms with E-state index in [-0.39, 0.29) is 12.3 Å². The molecule has 0 radical (unpaired) electrons. The predicted octanol–water partition coefficient (Wildman–Crippen LogP) is 3.63. The maximum Gasteiger partial charge on any atom is 0.573 e. The van der Waals surface area contributed by atoms with Crippen LogP contribution in [0.3, 0.4) is 0 Å². The highest BCUT2D eigenvalue weighted by molar-refractivity contribution is 5.74. The van der Waals surface area contributed by atoms with E-state index in [1.165, 1.54) is 28.8 Å². The number of hydrogen-bond acceptors (Lipinski definition) is 5.